The maximum Gasteiger partial charge on any atom is 0.416 e. The van der Waals surface area contributed by atoms with Crippen molar-refractivity contribution in [3.63, 3.8) is 0 Å². The molecule has 116 valence electrons. The Labute approximate surface area is 128 Å². The van der Waals surface area contributed by atoms with E-state index < -0.39 is 18.0 Å². The first-order valence-electron chi connectivity index (χ1n) is 7.07. The van der Waals surface area contributed by atoms with Gasteiger partial charge in [-0.1, -0.05) is 30.3 Å². The lowest BCUT2D eigenvalue weighted by Gasteiger charge is -2.15. The Morgan fingerprint density at radius 1 is 1.45 bits per heavy atom. The van der Waals surface area contributed by atoms with E-state index in [-0.39, 0.29) is 19.6 Å². The van der Waals surface area contributed by atoms with Crippen LogP contribution in [0, 0.1) is 5.21 Å². The van der Waals surface area contributed by atoms with Crippen LogP contribution in [0.5, 0.6) is 0 Å². The van der Waals surface area contributed by atoms with E-state index in [0.29, 0.717) is 4.74 Å². The van der Waals surface area contributed by atoms with E-state index in [1.54, 1.807) is 19.1 Å². The first kappa shape index (κ1) is 15.8. The lowest BCUT2D eigenvalue weighted by Crippen LogP contribution is -2.35. The third kappa shape index (κ3) is 4.18. The van der Waals surface area contributed by atoms with Crippen LogP contribution in [0.1, 0.15) is 18.9 Å². The van der Waals surface area contributed by atoms with Gasteiger partial charge in [-0.2, -0.15) is 0 Å². The van der Waals surface area contributed by atoms with Gasteiger partial charge >= 0.3 is 6.09 Å². The Morgan fingerprint density at radius 2 is 2.18 bits per heavy atom. The molecule has 1 aliphatic heterocycles. The standard InChI is InChI=1S/C16H18N2O4/c1-13(12-15(19)17-10-11-22-16(17)20)18(21)9-5-8-14-6-3-2-4-7-14/h2-9,13H,10-12H2,1H3/b8-5+,18-9-. The van der Waals surface area contributed by atoms with Crippen molar-refractivity contribution in [1.29, 1.82) is 0 Å². The van der Waals surface area contributed by atoms with E-state index in [1.165, 1.54) is 6.21 Å². The minimum absolute atomic E-state index is 0.0335. The summed E-state index contributed by atoms with van der Waals surface area (Å²) in [4.78, 5) is 24.2. The molecular formula is C16H18N2O4. The molecule has 0 bridgehead atoms. The fourth-order valence-electron chi connectivity index (χ4n) is 2.02. The van der Waals surface area contributed by atoms with Crippen molar-refractivity contribution < 1.29 is 19.1 Å². The van der Waals surface area contributed by atoms with Crippen molar-refractivity contribution in [1.82, 2.24) is 4.90 Å². The van der Waals surface area contributed by atoms with Crippen LogP contribution in [0.4, 0.5) is 4.79 Å². The third-order valence-electron chi connectivity index (χ3n) is 3.29. The van der Waals surface area contributed by atoms with Gasteiger partial charge in [-0.05, 0) is 18.6 Å². The third-order valence-corrected chi connectivity index (χ3v) is 3.29. The summed E-state index contributed by atoms with van der Waals surface area (Å²) in [5.74, 6) is -0.392. The predicted molar refractivity (Wildman–Crippen MR) is 82.3 cm³/mol. The van der Waals surface area contributed by atoms with Crippen LogP contribution < -0.4 is 0 Å². The Morgan fingerprint density at radius 3 is 2.82 bits per heavy atom. The molecule has 22 heavy (non-hydrogen) atoms. The van der Waals surface area contributed by atoms with Gasteiger partial charge in [0.05, 0.1) is 13.0 Å². The number of cyclic esters (lactones) is 1. The Bertz CT molecular complexity index is 595. The van der Waals surface area contributed by atoms with Crippen LogP contribution in [0.2, 0.25) is 0 Å². The highest BCUT2D eigenvalue weighted by Gasteiger charge is 2.30. The molecule has 1 aromatic rings. The molecule has 0 N–H and O–H groups in total. The maximum atomic E-state index is 11.9. The molecular weight excluding hydrogens is 284 g/mol. The number of carbonyl (C=O) groups is 2. The summed E-state index contributed by atoms with van der Waals surface area (Å²) in [5, 5.41) is 11.9. The van der Waals surface area contributed by atoms with Crippen molar-refractivity contribution in [2.75, 3.05) is 13.2 Å². The quantitative estimate of drug-likeness (QED) is 0.361. The molecule has 1 aromatic carbocycles. The molecule has 1 fully saturated rings. The molecule has 6 heteroatoms. The second-order valence-electron chi connectivity index (χ2n) is 4.99. The number of hydroxylamine groups is 1. The van der Waals surface area contributed by atoms with E-state index in [0.717, 1.165) is 10.5 Å². The SMILES string of the molecule is CC(CC(=O)N1CCOC1=O)/[N+]([O-])=C/C=C/c1ccccc1. The number of nitrogens with zero attached hydrogens (tertiary/aromatic N) is 2. The fourth-order valence-corrected chi connectivity index (χ4v) is 2.02. The first-order valence-corrected chi connectivity index (χ1v) is 7.07. The number of rotatable bonds is 5. The summed E-state index contributed by atoms with van der Waals surface area (Å²) >= 11 is 0. The molecule has 0 spiro atoms. The Balaban J connectivity index is 1.89. The largest absolute Gasteiger partial charge is 0.624 e. The van der Waals surface area contributed by atoms with Crippen LogP contribution in [0.15, 0.2) is 36.4 Å². The lowest BCUT2D eigenvalue weighted by atomic mass is 10.2. The van der Waals surface area contributed by atoms with Crippen LogP contribution in [0.25, 0.3) is 6.08 Å². The molecule has 0 saturated carbocycles. The van der Waals surface area contributed by atoms with Gasteiger partial charge < -0.3 is 9.94 Å². The first-order chi connectivity index (χ1) is 10.6. The zero-order valence-electron chi connectivity index (χ0n) is 12.3. The smallest absolute Gasteiger partial charge is 0.416 e. The second kappa shape index (κ2) is 7.40. The van der Waals surface area contributed by atoms with Gasteiger partial charge in [0.1, 0.15) is 6.61 Å². The van der Waals surface area contributed by atoms with Gasteiger partial charge in [0.25, 0.3) is 0 Å². The molecule has 1 aliphatic rings. The molecule has 0 aliphatic carbocycles. The highest BCUT2D eigenvalue weighted by atomic mass is 16.6. The highest BCUT2D eigenvalue weighted by Crippen LogP contribution is 2.08. The summed E-state index contributed by atoms with van der Waals surface area (Å²) in [6.07, 6.45) is 4.13. The summed E-state index contributed by atoms with van der Waals surface area (Å²) in [7, 11) is 0. The van der Waals surface area contributed by atoms with Gasteiger partial charge in [0, 0.05) is 6.08 Å². The molecule has 1 heterocycles. The summed E-state index contributed by atoms with van der Waals surface area (Å²) < 4.78 is 5.41. The van der Waals surface area contributed by atoms with Crippen LogP contribution in [-0.4, -0.2) is 47.0 Å². The average molecular weight is 302 g/mol. The molecule has 2 rings (SSSR count). The molecule has 6 nitrogen and oxygen atoms in total. The summed E-state index contributed by atoms with van der Waals surface area (Å²) in [5.41, 5.74) is 0.982. The number of hydrogen-bond donors (Lipinski definition) is 0. The Kier molecular flexibility index (Phi) is 5.30. The fraction of sp³-hybridized carbons (Fsp3) is 0.312. The van der Waals surface area contributed by atoms with Gasteiger partial charge in [0.15, 0.2) is 12.3 Å². The van der Waals surface area contributed by atoms with Crippen molar-refractivity contribution >= 4 is 24.3 Å². The zero-order valence-corrected chi connectivity index (χ0v) is 12.3. The average Bonchev–Trinajstić information content (AvgIpc) is 2.94. The number of hydrogen-bond acceptors (Lipinski definition) is 4. The van der Waals surface area contributed by atoms with E-state index in [4.69, 9.17) is 4.74 Å². The number of imide groups is 1. The van der Waals surface area contributed by atoms with Gasteiger partial charge in [-0.25, -0.2) is 14.4 Å². The molecule has 1 saturated heterocycles. The topological polar surface area (TPSA) is 72.7 Å². The van der Waals surface area contributed by atoms with Gasteiger partial charge in [-0.15, -0.1) is 0 Å². The summed E-state index contributed by atoms with van der Waals surface area (Å²) in [6.45, 7) is 2.10. The van der Waals surface area contributed by atoms with E-state index in [1.807, 2.05) is 30.3 Å². The van der Waals surface area contributed by atoms with Gasteiger partial charge in [-0.3, -0.25) is 4.79 Å². The number of ether oxygens (including phenoxy) is 1. The minimum Gasteiger partial charge on any atom is -0.624 e. The normalized spacial score (nSPS) is 16.9. The molecule has 0 radical (unpaired) electrons. The molecule has 2 amide bonds. The van der Waals surface area contributed by atoms with Crippen molar-refractivity contribution in [3.05, 3.63) is 47.2 Å². The summed E-state index contributed by atoms with van der Waals surface area (Å²) in [6, 6.07) is 9.02. The second-order valence-corrected chi connectivity index (χ2v) is 4.99. The van der Waals surface area contributed by atoms with E-state index in [9.17, 15) is 14.8 Å². The molecule has 1 atom stereocenters. The minimum atomic E-state index is -0.636. The molecule has 1 unspecified atom stereocenters. The number of benzene rings is 1. The monoisotopic (exact) mass is 302 g/mol. The molecule has 0 aromatic heterocycles. The van der Waals surface area contributed by atoms with Crippen LogP contribution in [-0.2, 0) is 9.53 Å². The van der Waals surface area contributed by atoms with Crippen LogP contribution >= 0.6 is 0 Å². The predicted octanol–water partition coefficient (Wildman–Crippen LogP) is 2.04. The van der Waals surface area contributed by atoms with Gasteiger partial charge in [0.2, 0.25) is 5.91 Å². The maximum absolute atomic E-state index is 11.9. The van der Waals surface area contributed by atoms with Crippen molar-refractivity contribution in [3.8, 4) is 0 Å². The highest BCUT2D eigenvalue weighted by molar-refractivity contribution is 5.93. The van der Waals surface area contributed by atoms with E-state index in [2.05, 4.69) is 0 Å². The zero-order chi connectivity index (χ0) is 15.9. The van der Waals surface area contributed by atoms with Crippen LogP contribution in [0.3, 0.4) is 0 Å². The number of amides is 2. The Hall–Kier alpha value is -2.63. The number of allylic oxidation sites excluding steroid dienone is 1. The number of carbonyl (C=O) groups excluding carboxylic acids is 2. The van der Waals surface area contributed by atoms with Crippen molar-refractivity contribution in [2.24, 2.45) is 0 Å². The van der Waals surface area contributed by atoms with E-state index >= 15 is 0 Å². The lowest BCUT2D eigenvalue weighted by molar-refractivity contribution is -0.490. The van der Waals surface area contributed by atoms with Crippen molar-refractivity contribution in [2.45, 2.75) is 19.4 Å².